The lowest BCUT2D eigenvalue weighted by Crippen LogP contribution is -2.42. The van der Waals surface area contributed by atoms with E-state index in [2.05, 4.69) is 13.8 Å². The van der Waals surface area contributed by atoms with E-state index in [4.69, 9.17) is 0 Å². The van der Waals surface area contributed by atoms with Gasteiger partial charge in [-0.2, -0.15) is 0 Å². The Morgan fingerprint density at radius 2 is 1.73 bits per heavy atom. The van der Waals surface area contributed by atoms with Crippen LogP contribution in [0.1, 0.15) is 46.0 Å². The first-order valence-corrected chi connectivity index (χ1v) is 6.34. The summed E-state index contributed by atoms with van der Waals surface area (Å²) < 4.78 is 0. The summed E-state index contributed by atoms with van der Waals surface area (Å²) in [6.07, 6.45) is 6.07. The average Bonchev–Trinajstić information content (AvgIpc) is 2.17. The van der Waals surface area contributed by atoms with Gasteiger partial charge in [0, 0.05) is 0 Å². The molecule has 0 aromatic carbocycles. The number of carboxylic acids is 1. The third-order valence-corrected chi connectivity index (χ3v) is 4.79. The van der Waals surface area contributed by atoms with Gasteiger partial charge in [0.2, 0.25) is 0 Å². The standard InChI is InChI=1S/C13H22O2/c1-8-4-3-5-11-10(8)7-6-9(2)12(11)13(14)15/h8-12H,3-7H2,1-2H3,(H,14,15). The highest BCUT2D eigenvalue weighted by molar-refractivity contribution is 5.71. The quantitative estimate of drug-likeness (QED) is 0.721. The Balaban J connectivity index is 2.17. The molecule has 0 bridgehead atoms. The predicted octanol–water partition coefficient (Wildman–Crippen LogP) is 3.17. The number of hydrogen-bond acceptors (Lipinski definition) is 1. The minimum absolute atomic E-state index is 0.0634. The summed E-state index contributed by atoms with van der Waals surface area (Å²) in [6.45, 7) is 4.43. The molecule has 0 aliphatic heterocycles. The van der Waals surface area contributed by atoms with Crippen molar-refractivity contribution in [2.24, 2.45) is 29.6 Å². The van der Waals surface area contributed by atoms with Crippen LogP contribution in [0.2, 0.25) is 0 Å². The van der Waals surface area contributed by atoms with Crippen LogP contribution < -0.4 is 0 Å². The van der Waals surface area contributed by atoms with Crippen molar-refractivity contribution in [2.75, 3.05) is 0 Å². The lowest BCUT2D eigenvalue weighted by Gasteiger charge is -2.45. The molecule has 2 rings (SSSR count). The Kier molecular flexibility index (Phi) is 3.03. The zero-order valence-corrected chi connectivity index (χ0v) is 9.78. The molecular formula is C13H22O2. The highest BCUT2D eigenvalue weighted by atomic mass is 16.4. The van der Waals surface area contributed by atoms with Crippen LogP contribution in [0.4, 0.5) is 0 Å². The summed E-state index contributed by atoms with van der Waals surface area (Å²) in [5.74, 6) is 1.68. The van der Waals surface area contributed by atoms with Gasteiger partial charge in [-0.25, -0.2) is 0 Å². The Hall–Kier alpha value is -0.530. The summed E-state index contributed by atoms with van der Waals surface area (Å²) >= 11 is 0. The fourth-order valence-electron chi connectivity index (χ4n) is 3.95. The molecule has 0 spiro atoms. The summed E-state index contributed by atoms with van der Waals surface area (Å²) in [6, 6.07) is 0. The van der Waals surface area contributed by atoms with Gasteiger partial charge in [-0.05, 0) is 42.9 Å². The third kappa shape index (κ3) is 1.91. The van der Waals surface area contributed by atoms with Gasteiger partial charge < -0.3 is 5.11 Å². The van der Waals surface area contributed by atoms with Crippen molar-refractivity contribution in [1.29, 1.82) is 0 Å². The van der Waals surface area contributed by atoms with Crippen molar-refractivity contribution >= 4 is 5.97 Å². The Morgan fingerprint density at radius 3 is 2.40 bits per heavy atom. The molecule has 0 aromatic rings. The predicted molar refractivity (Wildman–Crippen MR) is 59.5 cm³/mol. The van der Waals surface area contributed by atoms with Gasteiger partial charge in [0.1, 0.15) is 0 Å². The van der Waals surface area contributed by atoms with Crippen molar-refractivity contribution in [3.63, 3.8) is 0 Å². The van der Waals surface area contributed by atoms with Crippen molar-refractivity contribution in [1.82, 2.24) is 0 Å². The van der Waals surface area contributed by atoms with E-state index in [0.29, 0.717) is 17.8 Å². The first-order chi connectivity index (χ1) is 7.11. The molecule has 1 N–H and O–H groups in total. The van der Waals surface area contributed by atoms with Crippen LogP contribution in [0.15, 0.2) is 0 Å². The summed E-state index contributed by atoms with van der Waals surface area (Å²) in [5.41, 5.74) is 0. The molecule has 0 saturated heterocycles. The van der Waals surface area contributed by atoms with E-state index < -0.39 is 5.97 Å². The summed E-state index contributed by atoms with van der Waals surface area (Å²) in [4.78, 5) is 11.3. The Bertz CT molecular complexity index is 249. The van der Waals surface area contributed by atoms with Crippen molar-refractivity contribution in [3.05, 3.63) is 0 Å². The van der Waals surface area contributed by atoms with Crippen LogP contribution in [0.25, 0.3) is 0 Å². The topological polar surface area (TPSA) is 37.3 Å². The molecule has 5 atom stereocenters. The Labute approximate surface area is 92.1 Å². The maximum Gasteiger partial charge on any atom is 0.307 e. The molecular weight excluding hydrogens is 188 g/mol. The van der Waals surface area contributed by atoms with Crippen LogP contribution in [-0.4, -0.2) is 11.1 Å². The molecule has 86 valence electrons. The molecule has 0 amide bonds. The van der Waals surface area contributed by atoms with E-state index in [9.17, 15) is 9.90 Å². The zero-order valence-electron chi connectivity index (χ0n) is 9.78. The first kappa shape index (κ1) is 11.0. The molecule has 15 heavy (non-hydrogen) atoms. The van der Waals surface area contributed by atoms with Gasteiger partial charge >= 0.3 is 5.97 Å². The van der Waals surface area contributed by atoms with Crippen LogP contribution in [-0.2, 0) is 4.79 Å². The lowest BCUT2D eigenvalue weighted by atomic mass is 9.59. The number of carboxylic acid groups (broad SMARTS) is 1. The summed E-state index contributed by atoms with van der Waals surface area (Å²) in [5, 5.41) is 9.33. The monoisotopic (exact) mass is 210 g/mol. The van der Waals surface area contributed by atoms with E-state index >= 15 is 0 Å². The van der Waals surface area contributed by atoms with E-state index in [1.807, 2.05) is 0 Å². The van der Waals surface area contributed by atoms with E-state index in [0.717, 1.165) is 18.8 Å². The molecule has 2 fully saturated rings. The van der Waals surface area contributed by atoms with Gasteiger partial charge in [0.15, 0.2) is 0 Å². The lowest BCUT2D eigenvalue weighted by molar-refractivity contribution is -0.150. The first-order valence-electron chi connectivity index (χ1n) is 6.34. The molecule has 2 heteroatoms. The number of aliphatic carboxylic acids is 1. The minimum Gasteiger partial charge on any atom is -0.481 e. The second-order valence-corrected chi connectivity index (χ2v) is 5.65. The average molecular weight is 210 g/mol. The van der Waals surface area contributed by atoms with Gasteiger partial charge in [-0.1, -0.05) is 26.7 Å². The molecule has 0 radical (unpaired) electrons. The second-order valence-electron chi connectivity index (χ2n) is 5.65. The number of carbonyl (C=O) groups is 1. The van der Waals surface area contributed by atoms with Crippen LogP contribution in [0, 0.1) is 29.6 Å². The Morgan fingerprint density at radius 1 is 1.00 bits per heavy atom. The van der Waals surface area contributed by atoms with Crippen molar-refractivity contribution in [2.45, 2.75) is 46.0 Å². The second kappa shape index (κ2) is 4.15. The normalized spacial score (nSPS) is 45.9. The van der Waals surface area contributed by atoms with E-state index in [-0.39, 0.29) is 5.92 Å². The number of hydrogen-bond donors (Lipinski definition) is 1. The van der Waals surface area contributed by atoms with Crippen LogP contribution >= 0.6 is 0 Å². The van der Waals surface area contributed by atoms with Crippen molar-refractivity contribution < 1.29 is 9.90 Å². The molecule has 5 unspecified atom stereocenters. The SMILES string of the molecule is CC1CCCC2C1CCC(C)C2C(=O)O. The van der Waals surface area contributed by atoms with Gasteiger partial charge in [0.25, 0.3) is 0 Å². The maximum atomic E-state index is 11.3. The molecule has 2 aliphatic rings. The van der Waals surface area contributed by atoms with Crippen molar-refractivity contribution in [3.8, 4) is 0 Å². The smallest absolute Gasteiger partial charge is 0.307 e. The highest BCUT2D eigenvalue weighted by Gasteiger charge is 2.44. The third-order valence-electron chi connectivity index (χ3n) is 4.79. The van der Waals surface area contributed by atoms with Crippen LogP contribution in [0.3, 0.4) is 0 Å². The van der Waals surface area contributed by atoms with Gasteiger partial charge in [0.05, 0.1) is 5.92 Å². The molecule has 2 saturated carbocycles. The zero-order chi connectivity index (χ0) is 11.0. The maximum absolute atomic E-state index is 11.3. The largest absolute Gasteiger partial charge is 0.481 e. The minimum atomic E-state index is -0.550. The van der Waals surface area contributed by atoms with Crippen LogP contribution in [0.5, 0.6) is 0 Å². The number of rotatable bonds is 1. The molecule has 2 aliphatic carbocycles. The molecule has 0 heterocycles. The molecule has 0 aromatic heterocycles. The fourth-order valence-corrected chi connectivity index (χ4v) is 3.95. The van der Waals surface area contributed by atoms with E-state index in [1.165, 1.54) is 19.3 Å². The van der Waals surface area contributed by atoms with Gasteiger partial charge in [-0.15, -0.1) is 0 Å². The number of fused-ring (bicyclic) bond motifs is 1. The fraction of sp³-hybridized carbons (Fsp3) is 0.923. The van der Waals surface area contributed by atoms with E-state index in [1.54, 1.807) is 0 Å². The highest BCUT2D eigenvalue weighted by Crippen LogP contribution is 2.48. The summed E-state index contributed by atoms with van der Waals surface area (Å²) in [7, 11) is 0. The van der Waals surface area contributed by atoms with Gasteiger partial charge in [-0.3, -0.25) is 4.79 Å². The molecule has 2 nitrogen and oxygen atoms in total.